The van der Waals surface area contributed by atoms with Crippen molar-refractivity contribution < 1.29 is 18.9 Å². The molecule has 1 aromatic heterocycles. The van der Waals surface area contributed by atoms with E-state index in [0.29, 0.717) is 11.1 Å². The first-order chi connectivity index (χ1) is 12.5. The minimum absolute atomic E-state index is 0.157. The highest BCUT2D eigenvalue weighted by Gasteiger charge is 2.15. The van der Waals surface area contributed by atoms with E-state index in [0.717, 1.165) is 5.56 Å². The summed E-state index contributed by atoms with van der Waals surface area (Å²) in [6, 6.07) is 12.2. The van der Waals surface area contributed by atoms with Crippen LogP contribution in [0.1, 0.15) is 15.9 Å². The molecule has 0 unspecified atom stereocenters. The van der Waals surface area contributed by atoms with Crippen LogP contribution in [-0.4, -0.2) is 17.9 Å². The highest BCUT2D eigenvalue weighted by molar-refractivity contribution is 5.96. The number of rotatable bonds is 5. The molecule has 0 saturated carbocycles. The number of non-ortho nitro benzene ring substituents is 1. The zero-order valence-electron chi connectivity index (χ0n) is 13.7. The molecule has 132 valence electrons. The molecule has 26 heavy (non-hydrogen) atoms. The molecule has 8 heteroatoms. The number of carbonyl (C=O) groups is 1. The molecule has 1 amide bonds. The van der Waals surface area contributed by atoms with Crippen molar-refractivity contribution in [3.05, 3.63) is 80.2 Å². The molecule has 0 atom stereocenters. The molecule has 0 aliphatic heterocycles. The van der Waals surface area contributed by atoms with Crippen LogP contribution in [0.3, 0.4) is 0 Å². The summed E-state index contributed by atoms with van der Waals surface area (Å²) in [5, 5.41) is 13.8. The fraction of sp³-hybridized carbons (Fsp3) is 0.111. The third kappa shape index (κ3) is 3.54. The quantitative estimate of drug-likeness (QED) is 0.428. The molecule has 0 spiro atoms. The van der Waals surface area contributed by atoms with E-state index < -0.39 is 16.5 Å². The van der Waals surface area contributed by atoms with E-state index in [1.807, 2.05) is 0 Å². The maximum Gasteiger partial charge on any atom is 0.349 e. The van der Waals surface area contributed by atoms with Crippen molar-refractivity contribution in [1.82, 2.24) is 5.32 Å². The van der Waals surface area contributed by atoms with Crippen LogP contribution in [0.4, 0.5) is 5.69 Å². The summed E-state index contributed by atoms with van der Waals surface area (Å²) >= 11 is 0. The molecule has 0 aliphatic carbocycles. The van der Waals surface area contributed by atoms with E-state index >= 15 is 0 Å². The summed E-state index contributed by atoms with van der Waals surface area (Å²) in [7, 11) is 1.56. The number of ether oxygens (including phenoxy) is 1. The van der Waals surface area contributed by atoms with Crippen molar-refractivity contribution in [2.24, 2.45) is 0 Å². The average Bonchev–Trinajstić information content (AvgIpc) is 2.65. The molecular formula is C18H14N2O6. The zero-order chi connectivity index (χ0) is 18.7. The Hall–Kier alpha value is -3.68. The minimum atomic E-state index is -0.807. The average molecular weight is 354 g/mol. The third-order valence-electron chi connectivity index (χ3n) is 3.78. The monoisotopic (exact) mass is 354 g/mol. The van der Waals surface area contributed by atoms with Crippen LogP contribution in [0.2, 0.25) is 0 Å². The summed E-state index contributed by atoms with van der Waals surface area (Å²) in [4.78, 5) is 34.6. The van der Waals surface area contributed by atoms with Gasteiger partial charge in [-0.1, -0.05) is 12.1 Å². The number of nitro groups is 1. The smallest absolute Gasteiger partial charge is 0.349 e. The number of methoxy groups -OCH3 is 1. The fourth-order valence-corrected chi connectivity index (χ4v) is 2.40. The Morgan fingerprint density at radius 3 is 2.58 bits per heavy atom. The van der Waals surface area contributed by atoms with Crippen molar-refractivity contribution in [1.29, 1.82) is 0 Å². The lowest BCUT2D eigenvalue weighted by Crippen LogP contribution is -2.27. The van der Waals surface area contributed by atoms with Crippen molar-refractivity contribution in [2.75, 3.05) is 7.11 Å². The van der Waals surface area contributed by atoms with Gasteiger partial charge in [0.2, 0.25) is 0 Å². The van der Waals surface area contributed by atoms with Gasteiger partial charge in [0.25, 0.3) is 11.6 Å². The minimum Gasteiger partial charge on any atom is -0.497 e. The zero-order valence-corrected chi connectivity index (χ0v) is 13.7. The van der Waals surface area contributed by atoms with Crippen LogP contribution in [0.25, 0.3) is 11.0 Å². The van der Waals surface area contributed by atoms with Gasteiger partial charge in [-0.3, -0.25) is 14.9 Å². The lowest BCUT2D eigenvalue weighted by Gasteiger charge is -2.06. The van der Waals surface area contributed by atoms with Gasteiger partial charge in [-0.15, -0.1) is 0 Å². The number of hydrogen-bond donors (Lipinski definition) is 1. The molecule has 0 fully saturated rings. The Labute approximate surface area is 147 Å². The van der Waals surface area contributed by atoms with Crippen LogP contribution in [0.5, 0.6) is 5.75 Å². The first-order valence-corrected chi connectivity index (χ1v) is 7.61. The van der Waals surface area contributed by atoms with Gasteiger partial charge in [-0.05, 0) is 29.8 Å². The van der Waals surface area contributed by atoms with Gasteiger partial charge in [0.1, 0.15) is 16.9 Å². The van der Waals surface area contributed by atoms with E-state index in [1.54, 1.807) is 31.4 Å². The largest absolute Gasteiger partial charge is 0.497 e. The third-order valence-corrected chi connectivity index (χ3v) is 3.78. The maximum atomic E-state index is 12.3. The number of benzene rings is 2. The van der Waals surface area contributed by atoms with E-state index in [-0.39, 0.29) is 23.4 Å². The lowest BCUT2D eigenvalue weighted by atomic mass is 10.1. The topological polar surface area (TPSA) is 112 Å². The van der Waals surface area contributed by atoms with Crippen LogP contribution < -0.4 is 15.7 Å². The number of amides is 1. The van der Waals surface area contributed by atoms with Gasteiger partial charge in [0, 0.05) is 24.1 Å². The first-order valence-electron chi connectivity index (χ1n) is 7.61. The second kappa shape index (κ2) is 7.06. The van der Waals surface area contributed by atoms with Gasteiger partial charge in [-0.25, -0.2) is 4.79 Å². The Morgan fingerprint density at radius 2 is 1.92 bits per heavy atom. The molecule has 3 rings (SSSR count). The van der Waals surface area contributed by atoms with E-state index in [2.05, 4.69) is 5.32 Å². The SMILES string of the molecule is COc1ccc(CNC(=O)c2cc3cc([N+](=O)[O-])ccc3oc2=O)cc1. The van der Waals surface area contributed by atoms with Crippen molar-refractivity contribution in [3.63, 3.8) is 0 Å². The van der Waals surface area contributed by atoms with Crippen LogP contribution >= 0.6 is 0 Å². The Balaban J connectivity index is 1.83. The normalized spacial score (nSPS) is 10.5. The number of hydrogen-bond acceptors (Lipinski definition) is 6. The molecule has 1 heterocycles. The van der Waals surface area contributed by atoms with Crippen LogP contribution in [0.15, 0.2) is 57.7 Å². The summed E-state index contributed by atoms with van der Waals surface area (Å²) in [6.45, 7) is 0.204. The summed E-state index contributed by atoms with van der Waals surface area (Å²) < 4.78 is 10.1. The van der Waals surface area contributed by atoms with Gasteiger partial charge in [-0.2, -0.15) is 0 Å². The number of carbonyl (C=O) groups excluding carboxylic acids is 1. The van der Waals surface area contributed by atoms with E-state index in [1.165, 1.54) is 24.3 Å². The van der Waals surface area contributed by atoms with Crippen molar-refractivity contribution >= 4 is 22.6 Å². The Morgan fingerprint density at radius 1 is 1.19 bits per heavy atom. The number of fused-ring (bicyclic) bond motifs is 1. The second-order valence-corrected chi connectivity index (χ2v) is 5.46. The molecule has 0 radical (unpaired) electrons. The molecule has 2 aromatic carbocycles. The van der Waals surface area contributed by atoms with Crippen LogP contribution in [-0.2, 0) is 6.54 Å². The number of nitro benzene ring substituents is 1. The first kappa shape index (κ1) is 17.2. The molecule has 8 nitrogen and oxygen atoms in total. The molecular weight excluding hydrogens is 340 g/mol. The van der Waals surface area contributed by atoms with Gasteiger partial charge < -0.3 is 14.5 Å². The van der Waals surface area contributed by atoms with Crippen molar-refractivity contribution in [2.45, 2.75) is 6.54 Å². The summed E-state index contributed by atoms with van der Waals surface area (Å²) in [6.07, 6.45) is 0. The maximum absolute atomic E-state index is 12.3. The van der Waals surface area contributed by atoms with Gasteiger partial charge in [0.15, 0.2) is 0 Å². The Bertz CT molecular complexity index is 1040. The lowest BCUT2D eigenvalue weighted by molar-refractivity contribution is -0.384. The van der Waals surface area contributed by atoms with Gasteiger partial charge in [0.05, 0.1) is 12.0 Å². The van der Waals surface area contributed by atoms with Crippen molar-refractivity contribution in [3.8, 4) is 5.75 Å². The predicted molar refractivity (Wildman–Crippen MR) is 93.3 cm³/mol. The standard InChI is InChI=1S/C18H14N2O6/c1-25-14-5-2-11(3-6-14)10-19-17(21)15-9-12-8-13(20(23)24)4-7-16(12)26-18(15)22/h2-9H,10H2,1H3,(H,19,21). The molecule has 0 saturated heterocycles. The van der Waals surface area contributed by atoms with E-state index in [9.17, 15) is 19.7 Å². The summed E-state index contributed by atoms with van der Waals surface area (Å²) in [5.41, 5.74) is -0.187. The summed E-state index contributed by atoms with van der Waals surface area (Å²) in [5.74, 6) is 0.0693. The highest BCUT2D eigenvalue weighted by Crippen LogP contribution is 2.20. The predicted octanol–water partition coefficient (Wildman–Crippen LogP) is 2.64. The molecule has 3 aromatic rings. The Kier molecular flexibility index (Phi) is 4.66. The highest BCUT2D eigenvalue weighted by atomic mass is 16.6. The second-order valence-electron chi connectivity index (χ2n) is 5.46. The van der Waals surface area contributed by atoms with E-state index in [4.69, 9.17) is 9.15 Å². The van der Waals surface area contributed by atoms with Gasteiger partial charge >= 0.3 is 5.63 Å². The molecule has 1 N–H and O–H groups in total. The van der Waals surface area contributed by atoms with Crippen LogP contribution in [0, 0.1) is 10.1 Å². The molecule has 0 aliphatic rings. The fourth-order valence-electron chi connectivity index (χ4n) is 2.40. The molecule has 0 bridgehead atoms. The number of nitrogens with one attached hydrogen (secondary N) is 1. The number of nitrogens with zero attached hydrogens (tertiary/aromatic N) is 1.